The monoisotopic (exact) mass is 589 g/mol. The van der Waals surface area contributed by atoms with Crippen LogP contribution in [0, 0.1) is 11.6 Å². The van der Waals surface area contributed by atoms with Gasteiger partial charge in [-0.25, -0.2) is 13.8 Å². The molecular formula is C31H29F2N5O5. The zero-order valence-corrected chi connectivity index (χ0v) is 23.1. The minimum atomic E-state index is -1.23. The number of aromatic nitrogens is 1. The van der Waals surface area contributed by atoms with Crippen LogP contribution in [0.4, 0.5) is 20.3 Å². The van der Waals surface area contributed by atoms with Gasteiger partial charge >= 0.3 is 0 Å². The molecule has 1 aliphatic carbocycles. The normalized spacial score (nSPS) is 24.0. The van der Waals surface area contributed by atoms with Gasteiger partial charge in [0.25, 0.3) is 0 Å². The van der Waals surface area contributed by atoms with Gasteiger partial charge in [0, 0.05) is 30.1 Å². The number of carbonyl (C=O) groups excluding carboxylic acids is 3. The number of ether oxygens (including phenoxy) is 2. The molecule has 2 aromatic carbocycles. The largest absolute Gasteiger partial charge is 0.376 e. The second kappa shape index (κ2) is 10.5. The number of halogens is 2. The zero-order chi connectivity index (χ0) is 29.8. The molecular weight excluding hydrogens is 560 g/mol. The fourth-order valence-electron chi connectivity index (χ4n) is 6.72. The molecule has 2 spiro atoms. The molecule has 0 saturated carbocycles. The Morgan fingerprint density at radius 3 is 2.53 bits per heavy atom. The molecule has 3 aromatic rings. The maximum absolute atomic E-state index is 14.2. The quantitative estimate of drug-likeness (QED) is 0.427. The Kier molecular flexibility index (Phi) is 6.71. The number of nitrogens with zero attached hydrogens (tertiary/aromatic N) is 2. The van der Waals surface area contributed by atoms with Gasteiger partial charge in [0.2, 0.25) is 17.7 Å². The summed E-state index contributed by atoms with van der Waals surface area (Å²) in [5, 5.41) is 8.93. The lowest BCUT2D eigenvalue weighted by atomic mass is 9.79. The van der Waals surface area contributed by atoms with Crippen LogP contribution in [0.15, 0.2) is 54.7 Å². The Hall–Kier alpha value is -4.26. The number of amides is 3. The number of anilines is 2. The van der Waals surface area contributed by atoms with E-state index in [1.54, 1.807) is 12.3 Å². The summed E-state index contributed by atoms with van der Waals surface area (Å²) in [5.74, 6) is -2.02. The molecule has 222 valence electrons. The molecule has 12 heteroatoms. The summed E-state index contributed by atoms with van der Waals surface area (Å²) in [7, 11) is 0. The van der Waals surface area contributed by atoms with E-state index in [1.165, 1.54) is 4.90 Å². The van der Waals surface area contributed by atoms with Crippen molar-refractivity contribution in [1.29, 1.82) is 0 Å². The van der Waals surface area contributed by atoms with Gasteiger partial charge in [-0.15, -0.1) is 0 Å². The first-order valence-electron chi connectivity index (χ1n) is 14.1. The van der Waals surface area contributed by atoms with E-state index >= 15 is 0 Å². The molecule has 10 nitrogen and oxygen atoms in total. The van der Waals surface area contributed by atoms with Gasteiger partial charge in [-0.2, -0.15) is 0 Å². The first-order chi connectivity index (χ1) is 20.8. The molecule has 1 aromatic heterocycles. The van der Waals surface area contributed by atoms with Crippen LogP contribution in [0.25, 0.3) is 0 Å². The predicted octanol–water partition coefficient (Wildman–Crippen LogP) is 2.25. The lowest BCUT2D eigenvalue weighted by molar-refractivity contribution is -0.151. The molecule has 2 fully saturated rings. The van der Waals surface area contributed by atoms with Gasteiger partial charge in [-0.1, -0.05) is 12.1 Å². The molecule has 3 aliphatic heterocycles. The van der Waals surface area contributed by atoms with Crippen molar-refractivity contribution in [2.24, 2.45) is 0 Å². The van der Waals surface area contributed by atoms with Crippen LogP contribution in [0.5, 0.6) is 0 Å². The lowest BCUT2D eigenvalue weighted by Crippen LogP contribution is -2.69. The Bertz CT molecular complexity index is 1620. The Morgan fingerprint density at radius 1 is 1.02 bits per heavy atom. The minimum Gasteiger partial charge on any atom is -0.376 e. The molecule has 43 heavy (non-hydrogen) atoms. The van der Waals surface area contributed by atoms with Crippen molar-refractivity contribution in [3.05, 3.63) is 88.6 Å². The maximum atomic E-state index is 14.2. The smallest absolute Gasteiger partial charge is 0.248 e. The molecule has 0 bridgehead atoms. The number of pyridine rings is 1. The van der Waals surface area contributed by atoms with Crippen molar-refractivity contribution in [1.82, 2.24) is 15.2 Å². The van der Waals surface area contributed by atoms with Gasteiger partial charge in [0.15, 0.2) is 0 Å². The molecule has 7 rings (SSSR count). The number of carbonyl (C=O) groups is 3. The van der Waals surface area contributed by atoms with Crippen LogP contribution < -0.4 is 16.0 Å². The third-order valence-corrected chi connectivity index (χ3v) is 8.80. The summed E-state index contributed by atoms with van der Waals surface area (Å²) >= 11 is 0. The van der Waals surface area contributed by atoms with E-state index in [9.17, 15) is 23.2 Å². The van der Waals surface area contributed by atoms with E-state index in [2.05, 4.69) is 20.9 Å². The second-order valence-corrected chi connectivity index (χ2v) is 11.5. The van der Waals surface area contributed by atoms with Crippen molar-refractivity contribution in [2.75, 3.05) is 50.2 Å². The minimum absolute atomic E-state index is 0.0347. The summed E-state index contributed by atoms with van der Waals surface area (Å²) in [6.07, 6.45) is 2.63. The van der Waals surface area contributed by atoms with E-state index in [4.69, 9.17) is 9.47 Å². The lowest BCUT2D eigenvalue weighted by Gasteiger charge is -2.45. The molecule has 0 radical (unpaired) electrons. The highest BCUT2D eigenvalue weighted by Gasteiger charge is 2.51. The number of rotatable bonds is 4. The summed E-state index contributed by atoms with van der Waals surface area (Å²) in [6.45, 7) is 0.472. The van der Waals surface area contributed by atoms with Gasteiger partial charge in [0.1, 0.15) is 29.5 Å². The van der Waals surface area contributed by atoms with Gasteiger partial charge in [0.05, 0.1) is 37.9 Å². The topological polar surface area (TPSA) is 122 Å². The van der Waals surface area contributed by atoms with Crippen LogP contribution in [0.2, 0.25) is 0 Å². The van der Waals surface area contributed by atoms with Crippen LogP contribution in [-0.2, 0) is 42.1 Å². The molecule has 3 N–H and O–H groups in total. The molecule has 1 unspecified atom stereocenters. The highest BCUT2D eigenvalue weighted by Crippen LogP contribution is 2.47. The average molecular weight is 590 g/mol. The number of benzene rings is 2. The van der Waals surface area contributed by atoms with Gasteiger partial charge in [-0.05, 0) is 59.9 Å². The maximum Gasteiger partial charge on any atom is 0.248 e. The van der Waals surface area contributed by atoms with Crippen molar-refractivity contribution < 1.29 is 32.6 Å². The summed E-state index contributed by atoms with van der Waals surface area (Å²) < 4.78 is 39.6. The van der Waals surface area contributed by atoms with Gasteiger partial charge < -0.3 is 25.0 Å². The number of hydrogen-bond donors (Lipinski definition) is 3. The fraction of sp³-hybridized carbons (Fsp3) is 0.355. The average Bonchev–Trinajstić information content (AvgIpc) is 3.37. The van der Waals surface area contributed by atoms with Gasteiger partial charge in [-0.3, -0.25) is 19.7 Å². The number of hydrogen-bond acceptors (Lipinski definition) is 7. The number of piperazine rings is 1. The van der Waals surface area contributed by atoms with Crippen molar-refractivity contribution >= 4 is 29.2 Å². The van der Waals surface area contributed by atoms with E-state index in [1.807, 2.05) is 24.3 Å². The highest BCUT2D eigenvalue weighted by molar-refractivity contribution is 6.06. The van der Waals surface area contributed by atoms with Crippen molar-refractivity contribution in [3.63, 3.8) is 0 Å². The summed E-state index contributed by atoms with van der Waals surface area (Å²) in [5.41, 5.74) is 1.56. The van der Waals surface area contributed by atoms with E-state index < -0.39 is 40.4 Å². The van der Waals surface area contributed by atoms with E-state index in [-0.39, 0.29) is 37.8 Å². The SMILES string of the molecule is O=C(CN1C(=O)C2(COCCOC2)NC[C@H]1c1cc(F)cc(F)c1)Nc1ccc2c(c1)CC1(C2)C(=O)Nc2ncccc21. The second-order valence-electron chi connectivity index (χ2n) is 11.5. The summed E-state index contributed by atoms with van der Waals surface area (Å²) in [6, 6.07) is 11.5. The number of nitrogens with one attached hydrogen (secondary N) is 3. The van der Waals surface area contributed by atoms with Crippen molar-refractivity contribution in [3.8, 4) is 0 Å². The van der Waals surface area contributed by atoms with E-state index in [0.29, 0.717) is 37.6 Å². The Labute approximate surface area is 245 Å². The summed E-state index contributed by atoms with van der Waals surface area (Å²) in [4.78, 5) is 46.0. The third-order valence-electron chi connectivity index (χ3n) is 8.80. The molecule has 2 atom stereocenters. The first-order valence-corrected chi connectivity index (χ1v) is 14.1. The van der Waals surface area contributed by atoms with Crippen LogP contribution in [0.1, 0.15) is 28.3 Å². The standard InChI is InChI=1S/C31H29F2N5O5/c32-21-8-19(9-22(33)11-21)25-14-35-31(16-42-6-7-43-17-31)29(41)38(25)15-26(39)36-23-4-3-18-12-30(13-20(18)10-23)24-2-1-5-34-27(24)37-28(30)40/h1-5,8-11,25,35H,6-7,12-17H2,(H,36,39)(H,34,37,40)/t25-,30?/m0/s1. The number of fused-ring (bicyclic) bond motifs is 3. The molecule has 4 aliphatic rings. The first kappa shape index (κ1) is 27.6. The highest BCUT2D eigenvalue weighted by atomic mass is 19.1. The molecule has 4 heterocycles. The van der Waals surface area contributed by atoms with Crippen molar-refractivity contribution in [2.45, 2.75) is 29.8 Å². The zero-order valence-electron chi connectivity index (χ0n) is 23.1. The molecule has 3 amide bonds. The van der Waals surface area contributed by atoms with Crippen LogP contribution in [0.3, 0.4) is 0 Å². The van der Waals surface area contributed by atoms with Crippen LogP contribution in [-0.4, -0.2) is 72.7 Å². The fourth-order valence-corrected chi connectivity index (χ4v) is 6.72. The third kappa shape index (κ3) is 4.75. The van der Waals surface area contributed by atoms with E-state index in [0.717, 1.165) is 34.9 Å². The molecule has 2 saturated heterocycles. The Morgan fingerprint density at radius 2 is 1.77 bits per heavy atom. The predicted molar refractivity (Wildman–Crippen MR) is 150 cm³/mol. The van der Waals surface area contributed by atoms with Crippen LogP contribution >= 0.6 is 0 Å². The Balaban J connectivity index is 1.13.